The lowest BCUT2D eigenvalue weighted by Crippen LogP contribution is -2.03. The molecule has 0 saturated heterocycles. The van der Waals surface area contributed by atoms with Crippen molar-refractivity contribution in [1.82, 2.24) is 9.97 Å². The molecule has 1 aromatic rings. The van der Waals surface area contributed by atoms with Crippen LogP contribution in [0.3, 0.4) is 0 Å². The van der Waals surface area contributed by atoms with E-state index in [1.54, 1.807) is 18.6 Å². The molecule has 4 heteroatoms. The summed E-state index contributed by atoms with van der Waals surface area (Å²) < 4.78 is 0. The molecule has 0 aromatic carbocycles. The molecule has 0 radical (unpaired) electrons. The van der Waals surface area contributed by atoms with Crippen LogP contribution in [0.25, 0.3) is 0 Å². The van der Waals surface area contributed by atoms with Gasteiger partial charge in [-0.2, -0.15) is 12.6 Å². The van der Waals surface area contributed by atoms with Gasteiger partial charge in [0.05, 0.1) is 6.20 Å². The van der Waals surface area contributed by atoms with E-state index in [9.17, 15) is 0 Å². The smallest absolute Gasteiger partial charge is 0.144 e. The first-order chi connectivity index (χ1) is 4.93. The summed E-state index contributed by atoms with van der Waals surface area (Å²) >= 11 is 4.04. The van der Waals surface area contributed by atoms with Gasteiger partial charge in [-0.3, -0.25) is 4.98 Å². The van der Waals surface area contributed by atoms with Crippen molar-refractivity contribution in [3.05, 3.63) is 18.6 Å². The second-order valence-corrected chi connectivity index (χ2v) is 2.19. The van der Waals surface area contributed by atoms with E-state index < -0.39 is 0 Å². The van der Waals surface area contributed by atoms with E-state index in [1.807, 2.05) is 0 Å². The van der Waals surface area contributed by atoms with Crippen LogP contribution < -0.4 is 5.32 Å². The number of hydrogen-bond donors (Lipinski definition) is 2. The molecule has 0 saturated carbocycles. The van der Waals surface area contributed by atoms with Crippen molar-refractivity contribution in [3.8, 4) is 0 Å². The van der Waals surface area contributed by atoms with Crippen LogP contribution in [-0.4, -0.2) is 22.3 Å². The third-order valence-corrected chi connectivity index (χ3v) is 1.20. The molecular formula is C6H9N3S. The first-order valence-electron chi connectivity index (χ1n) is 3.04. The number of hydrogen-bond acceptors (Lipinski definition) is 4. The fraction of sp³-hybridized carbons (Fsp3) is 0.333. The Kier molecular flexibility index (Phi) is 3.02. The normalized spacial score (nSPS) is 9.30. The summed E-state index contributed by atoms with van der Waals surface area (Å²) in [5.41, 5.74) is 0. The minimum Gasteiger partial charge on any atom is -0.368 e. The standard InChI is InChI=1S/C6H9N3S/c10-4-3-9-6-5-7-1-2-8-6/h1-2,5,10H,3-4H2,(H,8,9). The van der Waals surface area contributed by atoms with Crippen LogP contribution in [0.1, 0.15) is 0 Å². The molecule has 0 unspecified atom stereocenters. The molecule has 0 spiro atoms. The van der Waals surface area contributed by atoms with Crippen molar-refractivity contribution in [2.75, 3.05) is 17.6 Å². The minimum absolute atomic E-state index is 0.802. The van der Waals surface area contributed by atoms with Gasteiger partial charge in [0.2, 0.25) is 0 Å². The van der Waals surface area contributed by atoms with Crippen molar-refractivity contribution >= 4 is 18.4 Å². The van der Waals surface area contributed by atoms with E-state index in [4.69, 9.17) is 0 Å². The van der Waals surface area contributed by atoms with Gasteiger partial charge in [0, 0.05) is 24.7 Å². The molecular weight excluding hydrogens is 146 g/mol. The number of nitrogens with one attached hydrogen (secondary N) is 1. The third-order valence-electron chi connectivity index (χ3n) is 0.981. The molecule has 3 nitrogen and oxygen atoms in total. The fourth-order valence-corrected chi connectivity index (χ4v) is 0.686. The molecule has 0 atom stereocenters. The van der Waals surface area contributed by atoms with Crippen LogP contribution in [0.2, 0.25) is 0 Å². The summed E-state index contributed by atoms with van der Waals surface area (Å²) in [6.45, 7) is 0.821. The lowest BCUT2D eigenvalue weighted by molar-refractivity contribution is 1.13. The number of anilines is 1. The second-order valence-electron chi connectivity index (χ2n) is 1.74. The molecule has 0 bridgehead atoms. The molecule has 0 fully saturated rings. The van der Waals surface area contributed by atoms with Gasteiger partial charge in [0.15, 0.2) is 0 Å². The van der Waals surface area contributed by atoms with Crippen molar-refractivity contribution in [1.29, 1.82) is 0 Å². The zero-order chi connectivity index (χ0) is 7.23. The Hall–Kier alpha value is -0.770. The molecule has 0 aliphatic rings. The van der Waals surface area contributed by atoms with Gasteiger partial charge >= 0.3 is 0 Å². The van der Waals surface area contributed by atoms with Gasteiger partial charge in [-0.15, -0.1) is 0 Å². The number of thiol groups is 1. The average Bonchev–Trinajstić information content (AvgIpc) is 2.03. The predicted molar refractivity (Wildman–Crippen MR) is 44.4 cm³/mol. The van der Waals surface area contributed by atoms with Crippen LogP contribution in [0.15, 0.2) is 18.6 Å². The Balaban J connectivity index is 2.43. The Morgan fingerprint density at radius 2 is 2.40 bits per heavy atom. The first-order valence-corrected chi connectivity index (χ1v) is 3.67. The number of rotatable bonds is 3. The summed E-state index contributed by atoms with van der Waals surface area (Å²) in [6, 6.07) is 0. The van der Waals surface area contributed by atoms with Crippen molar-refractivity contribution < 1.29 is 0 Å². The third kappa shape index (κ3) is 2.23. The van der Waals surface area contributed by atoms with E-state index in [0.717, 1.165) is 18.1 Å². The molecule has 1 heterocycles. The number of nitrogens with zero attached hydrogens (tertiary/aromatic N) is 2. The fourth-order valence-electron chi connectivity index (χ4n) is 0.574. The van der Waals surface area contributed by atoms with Crippen LogP contribution >= 0.6 is 12.6 Å². The molecule has 1 rings (SSSR count). The summed E-state index contributed by atoms with van der Waals surface area (Å²) in [7, 11) is 0. The zero-order valence-electron chi connectivity index (χ0n) is 5.49. The van der Waals surface area contributed by atoms with Gasteiger partial charge < -0.3 is 5.32 Å². The maximum Gasteiger partial charge on any atom is 0.144 e. The summed E-state index contributed by atoms with van der Waals surface area (Å²) in [4.78, 5) is 7.90. The quantitative estimate of drug-likeness (QED) is 0.635. The van der Waals surface area contributed by atoms with E-state index in [0.29, 0.717) is 0 Å². The summed E-state index contributed by atoms with van der Waals surface area (Å²) in [5, 5.41) is 3.04. The highest BCUT2D eigenvalue weighted by atomic mass is 32.1. The van der Waals surface area contributed by atoms with Gasteiger partial charge in [0.25, 0.3) is 0 Å². The maximum atomic E-state index is 4.04. The van der Waals surface area contributed by atoms with Crippen molar-refractivity contribution in [2.45, 2.75) is 0 Å². The van der Waals surface area contributed by atoms with Crippen LogP contribution in [0.5, 0.6) is 0 Å². The predicted octanol–water partition coefficient (Wildman–Crippen LogP) is 0.818. The van der Waals surface area contributed by atoms with E-state index in [-0.39, 0.29) is 0 Å². The van der Waals surface area contributed by atoms with Crippen molar-refractivity contribution in [2.24, 2.45) is 0 Å². The van der Waals surface area contributed by atoms with Crippen LogP contribution in [-0.2, 0) is 0 Å². The van der Waals surface area contributed by atoms with Gasteiger partial charge in [-0.05, 0) is 0 Å². The zero-order valence-corrected chi connectivity index (χ0v) is 6.38. The van der Waals surface area contributed by atoms with Gasteiger partial charge in [-0.25, -0.2) is 4.98 Å². The first kappa shape index (κ1) is 7.34. The maximum absolute atomic E-state index is 4.04. The van der Waals surface area contributed by atoms with Gasteiger partial charge in [0.1, 0.15) is 5.82 Å². The molecule has 0 aliphatic heterocycles. The lowest BCUT2D eigenvalue weighted by Gasteiger charge is -1.99. The molecule has 1 N–H and O–H groups in total. The lowest BCUT2D eigenvalue weighted by atomic mass is 10.6. The highest BCUT2D eigenvalue weighted by Crippen LogP contribution is 1.95. The Morgan fingerprint density at radius 1 is 1.50 bits per heavy atom. The molecule has 1 aromatic heterocycles. The SMILES string of the molecule is SCCNc1cnccn1. The van der Waals surface area contributed by atoms with E-state index >= 15 is 0 Å². The Morgan fingerprint density at radius 3 is 3.00 bits per heavy atom. The number of aromatic nitrogens is 2. The second kappa shape index (κ2) is 4.11. The largest absolute Gasteiger partial charge is 0.368 e. The Bertz CT molecular complexity index is 178. The molecule has 54 valence electrons. The van der Waals surface area contributed by atoms with Gasteiger partial charge in [-0.1, -0.05) is 0 Å². The summed E-state index contributed by atoms with van der Waals surface area (Å²) in [6.07, 6.45) is 4.98. The molecule has 0 aliphatic carbocycles. The Labute approximate surface area is 65.3 Å². The summed E-state index contributed by atoms with van der Waals surface area (Å²) in [5.74, 6) is 1.60. The topological polar surface area (TPSA) is 37.8 Å². The average molecular weight is 155 g/mol. The van der Waals surface area contributed by atoms with Crippen LogP contribution in [0.4, 0.5) is 5.82 Å². The van der Waals surface area contributed by atoms with Crippen molar-refractivity contribution in [3.63, 3.8) is 0 Å². The van der Waals surface area contributed by atoms with E-state index in [1.165, 1.54) is 0 Å². The minimum atomic E-state index is 0.802. The van der Waals surface area contributed by atoms with Crippen LogP contribution in [0, 0.1) is 0 Å². The molecule has 10 heavy (non-hydrogen) atoms. The molecule has 0 amide bonds. The van der Waals surface area contributed by atoms with E-state index in [2.05, 4.69) is 27.9 Å². The highest BCUT2D eigenvalue weighted by molar-refractivity contribution is 7.80. The highest BCUT2D eigenvalue weighted by Gasteiger charge is 1.87. The monoisotopic (exact) mass is 155 g/mol.